The van der Waals surface area contributed by atoms with Crippen molar-refractivity contribution in [1.82, 2.24) is 5.32 Å². The average Bonchev–Trinajstić information content (AvgIpc) is 2.24. The van der Waals surface area contributed by atoms with E-state index in [4.69, 9.17) is 4.74 Å². The Kier molecular flexibility index (Phi) is 4.11. The maximum Gasteiger partial charge on any atom is 0.194 e. The van der Waals surface area contributed by atoms with E-state index in [-0.39, 0.29) is 12.2 Å². The SMILES string of the molecule is CNC(COC)c1ccc(F)c(F)c1F. The third kappa shape index (κ3) is 2.49. The summed E-state index contributed by atoms with van der Waals surface area (Å²) < 4.78 is 43.7. The molecule has 0 aliphatic rings. The first-order valence-corrected chi connectivity index (χ1v) is 4.41. The molecular formula is C10H12F3NO. The summed E-state index contributed by atoms with van der Waals surface area (Å²) in [6.07, 6.45) is 0. The maximum absolute atomic E-state index is 13.3. The van der Waals surface area contributed by atoms with Crippen LogP contribution in [0.25, 0.3) is 0 Å². The first-order valence-electron chi connectivity index (χ1n) is 4.41. The van der Waals surface area contributed by atoms with Crippen LogP contribution < -0.4 is 5.32 Å². The lowest BCUT2D eigenvalue weighted by molar-refractivity contribution is 0.168. The molecule has 0 heterocycles. The lowest BCUT2D eigenvalue weighted by Gasteiger charge is -2.16. The van der Waals surface area contributed by atoms with Crippen molar-refractivity contribution in [3.63, 3.8) is 0 Å². The van der Waals surface area contributed by atoms with Crippen molar-refractivity contribution in [3.8, 4) is 0 Å². The van der Waals surface area contributed by atoms with Gasteiger partial charge in [0.05, 0.1) is 12.6 Å². The topological polar surface area (TPSA) is 21.3 Å². The second kappa shape index (κ2) is 5.14. The number of halogens is 3. The molecule has 0 amide bonds. The van der Waals surface area contributed by atoms with Crippen molar-refractivity contribution in [3.05, 3.63) is 35.1 Å². The van der Waals surface area contributed by atoms with Gasteiger partial charge < -0.3 is 10.1 Å². The summed E-state index contributed by atoms with van der Waals surface area (Å²) in [5, 5.41) is 2.75. The molecule has 0 radical (unpaired) electrons. The quantitative estimate of drug-likeness (QED) is 0.782. The number of methoxy groups -OCH3 is 1. The van der Waals surface area contributed by atoms with Crippen LogP contribution in [0.4, 0.5) is 13.2 Å². The number of nitrogens with one attached hydrogen (secondary N) is 1. The van der Waals surface area contributed by atoms with Gasteiger partial charge in [0.2, 0.25) is 0 Å². The molecule has 1 atom stereocenters. The Morgan fingerprint density at radius 3 is 2.47 bits per heavy atom. The molecule has 2 nitrogen and oxygen atoms in total. The highest BCUT2D eigenvalue weighted by atomic mass is 19.2. The van der Waals surface area contributed by atoms with Crippen LogP contribution >= 0.6 is 0 Å². The lowest BCUT2D eigenvalue weighted by Crippen LogP contribution is -2.22. The summed E-state index contributed by atoms with van der Waals surface area (Å²) in [5.41, 5.74) is 0.0539. The fraction of sp³-hybridized carbons (Fsp3) is 0.400. The van der Waals surface area contributed by atoms with Gasteiger partial charge in [-0.2, -0.15) is 0 Å². The molecule has 1 aromatic rings. The molecule has 0 aliphatic carbocycles. The predicted octanol–water partition coefficient (Wildman–Crippen LogP) is 2.01. The van der Waals surface area contributed by atoms with Crippen LogP contribution in [0.1, 0.15) is 11.6 Å². The minimum Gasteiger partial charge on any atom is -0.383 e. The Bertz CT molecular complexity index is 344. The molecule has 1 aromatic carbocycles. The van der Waals surface area contributed by atoms with Crippen LogP contribution in [0, 0.1) is 17.5 Å². The van der Waals surface area contributed by atoms with Gasteiger partial charge >= 0.3 is 0 Å². The number of likely N-dealkylation sites (N-methyl/N-ethyl adjacent to an activating group) is 1. The fourth-order valence-electron chi connectivity index (χ4n) is 1.31. The first kappa shape index (κ1) is 12.0. The molecule has 0 saturated carbocycles. The second-order valence-electron chi connectivity index (χ2n) is 3.06. The molecule has 0 bridgehead atoms. The second-order valence-corrected chi connectivity index (χ2v) is 3.06. The molecule has 84 valence electrons. The van der Waals surface area contributed by atoms with Gasteiger partial charge in [0.15, 0.2) is 17.5 Å². The Hall–Kier alpha value is -1.07. The Morgan fingerprint density at radius 1 is 1.27 bits per heavy atom. The largest absolute Gasteiger partial charge is 0.383 e. The molecule has 0 aromatic heterocycles. The summed E-state index contributed by atoms with van der Waals surface area (Å²) in [7, 11) is 3.03. The normalized spacial score (nSPS) is 12.9. The van der Waals surface area contributed by atoms with Crippen molar-refractivity contribution in [2.24, 2.45) is 0 Å². The van der Waals surface area contributed by atoms with E-state index >= 15 is 0 Å². The van der Waals surface area contributed by atoms with Crippen LogP contribution in [0.2, 0.25) is 0 Å². The van der Waals surface area contributed by atoms with Gasteiger partial charge in [-0.1, -0.05) is 6.07 Å². The summed E-state index contributed by atoms with van der Waals surface area (Å²) in [5.74, 6) is -3.82. The third-order valence-electron chi connectivity index (χ3n) is 2.12. The van der Waals surface area contributed by atoms with Gasteiger partial charge in [-0.05, 0) is 13.1 Å². The van der Waals surface area contributed by atoms with E-state index in [1.165, 1.54) is 13.2 Å². The summed E-state index contributed by atoms with van der Waals surface area (Å²) in [6.45, 7) is 0.179. The van der Waals surface area contributed by atoms with Crippen LogP contribution in [-0.4, -0.2) is 20.8 Å². The van der Waals surface area contributed by atoms with Gasteiger partial charge in [0.1, 0.15) is 0 Å². The molecule has 1 N–H and O–H groups in total. The average molecular weight is 219 g/mol. The predicted molar refractivity (Wildman–Crippen MR) is 50.0 cm³/mol. The summed E-state index contributed by atoms with van der Waals surface area (Å²) >= 11 is 0. The van der Waals surface area contributed by atoms with Crippen molar-refractivity contribution >= 4 is 0 Å². The Labute approximate surface area is 86.1 Å². The van der Waals surface area contributed by atoms with E-state index in [0.717, 1.165) is 6.07 Å². The Balaban J connectivity index is 3.07. The van der Waals surface area contributed by atoms with Crippen molar-refractivity contribution in [2.45, 2.75) is 6.04 Å². The third-order valence-corrected chi connectivity index (χ3v) is 2.12. The zero-order chi connectivity index (χ0) is 11.4. The number of benzene rings is 1. The molecular weight excluding hydrogens is 207 g/mol. The summed E-state index contributed by atoms with van der Waals surface area (Å²) in [4.78, 5) is 0. The number of hydrogen-bond donors (Lipinski definition) is 1. The monoisotopic (exact) mass is 219 g/mol. The van der Waals surface area contributed by atoms with E-state index in [1.807, 2.05) is 0 Å². The smallest absolute Gasteiger partial charge is 0.194 e. The highest BCUT2D eigenvalue weighted by Gasteiger charge is 2.19. The zero-order valence-electron chi connectivity index (χ0n) is 8.48. The molecule has 1 unspecified atom stereocenters. The van der Waals surface area contributed by atoms with E-state index in [9.17, 15) is 13.2 Å². The summed E-state index contributed by atoms with van der Waals surface area (Å²) in [6, 6.07) is 1.60. The minimum atomic E-state index is -1.45. The van der Waals surface area contributed by atoms with Crippen LogP contribution in [0.3, 0.4) is 0 Å². The number of ether oxygens (including phenoxy) is 1. The van der Waals surface area contributed by atoms with E-state index < -0.39 is 23.5 Å². The molecule has 15 heavy (non-hydrogen) atoms. The lowest BCUT2D eigenvalue weighted by atomic mass is 10.1. The fourth-order valence-corrected chi connectivity index (χ4v) is 1.31. The molecule has 5 heteroatoms. The first-order chi connectivity index (χ1) is 7.11. The Morgan fingerprint density at radius 2 is 1.93 bits per heavy atom. The molecule has 0 saturated heterocycles. The molecule has 0 spiro atoms. The molecule has 1 rings (SSSR count). The van der Waals surface area contributed by atoms with E-state index in [2.05, 4.69) is 5.32 Å². The van der Waals surface area contributed by atoms with Crippen molar-refractivity contribution < 1.29 is 17.9 Å². The molecule has 0 fully saturated rings. The van der Waals surface area contributed by atoms with Gasteiger partial charge in [-0.3, -0.25) is 0 Å². The number of rotatable bonds is 4. The highest BCUT2D eigenvalue weighted by Crippen LogP contribution is 2.21. The zero-order valence-corrected chi connectivity index (χ0v) is 8.48. The number of hydrogen-bond acceptors (Lipinski definition) is 2. The van der Waals surface area contributed by atoms with Crippen LogP contribution in [0.15, 0.2) is 12.1 Å². The van der Waals surface area contributed by atoms with Crippen molar-refractivity contribution in [1.29, 1.82) is 0 Å². The van der Waals surface area contributed by atoms with Crippen LogP contribution in [0.5, 0.6) is 0 Å². The van der Waals surface area contributed by atoms with Gasteiger partial charge in [-0.15, -0.1) is 0 Å². The van der Waals surface area contributed by atoms with E-state index in [0.29, 0.717) is 0 Å². The van der Waals surface area contributed by atoms with E-state index in [1.54, 1.807) is 7.05 Å². The minimum absolute atomic E-state index is 0.0539. The highest BCUT2D eigenvalue weighted by molar-refractivity contribution is 5.23. The van der Waals surface area contributed by atoms with Crippen LogP contribution in [-0.2, 0) is 4.74 Å². The standard InChI is InChI=1S/C10H12F3NO/c1-14-8(5-15-2)6-3-4-7(11)10(13)9(6)12/h3-4,8,14H,5H2,1-2H3. The van der Waals surface area contributed by atoms with Gasteiger partial charge in [-0.25, -0.2) is 13.2 Å². The van der Waals surface area contributed by atoms with Crippen molar-refractivity contribution in [2.75, 3.05) is 20.8 Å². The van der Waals surface area contributed by atoms with Gasteiger partial charge in [0, 0.05) is 12.7 Å². The maximum atomic E-state index is 13.3. The molecule has 0 aliphatic heterocycles. The van der Waals surface area contributed by atoms with Gasteiger partial charge in [0.25, 0.3) is 0 Å².